The van der Waals surface area contributed by atoms with Gasteiger partial charge in [0.2, 0.25) is 0 Å². The third-order valence-corrected chi connectivity index (χ3v) is 16.2. The number of benzene rings is 12. The van der Waals surface area contributed by atoms with Crippen molar-refractivity contribution >= 4 is 65.2 Å². The molecule has 0 fully saturated rings. The predicted molar refractivity (Wildman–Crippen MR) is 347 cm³/mol. The van der Waals surface area contributed by atoms with Gasteiger partial charge < -0.3 is 0 Å². The molecule has 4 aromatic heterocycles. The Morgan fingerprint density at radius 3 is 0.869 bits per heavy atom. The Morgan fingerprint density at radius 2 is 0.488 bits per heavy atom. The Hall–Kier alpha value is -11.3. The second-order valence-electron chi connectivity index (χ2n) is 21.3. The third kappa shape index (κ3) is 8.52. The first kappa shape index (κ1) is 48.6. The predicted octanol–water partition coefficient (Wildman–Crippen LogP) is 20.0. The number of aromatic nitrogens is 6. The molecule has 0 N–H and O–H groups in total. The SMILES string of the molecule is c1ccc(-c2cc(-c3ccccc3)c3ccc4c(-c5cc(-c6cc(-c7nc(-c8ccccc8)nc8c7ccc7c(-c9ccccc9)cc(-c9ccccc9)nc78)c7ccccc7c6)cc6ccccc56)nc(-c5ccccc5)nc4c3n2)cc1. The minimum atomic E-state index is 0.625. The highest BCUT2D eigenvalue weighted by Gasteiger charge is 2.23. The number of rotatable bonds is 9. The molecule has 0 aliphatic heterocycles. The molecule has 16 rings (SSSR count). The lowest BCUT2D eigenvalue weighted by atomic mass is 9.90. The Labute approximate surface area is 484 Å². The van der Waals surface area contributed by atoms with Gasteiger partial charge in [0.1, 0.15) is 11.0 Å². The molecule has 0 aliphatic rings. The zero-order chi connectivity index (χ0) is 55.5. The van der Waals surface area contributed by atoms with Crippen molar-refractivity contribution in [2.75, 3.05) is 0 Å². The molecular weight excluding hydrogens is 1020 g/mol. The van der Waals surface area contributed by atoms with Gasteiger partial charge in [-0.05, 0) is 103 Å². The van der Waals surface area contributed by atoms with Crippen LogP contribution in [0.4, 0.5) is 0 Å². The Balaban J connectivity index is 0.957. The minimum Gasteiger partial charge on any atom is -0.245 e. The van der Waals surface area contributed by atoms with E-state index in [4.69, 9.17) is 29.9 Å². The van der Waals surface area contributed by atoms with Gasteiger partial charge in [0.05, 0.1) is 33.8 Å². The second kappa shape index (κ2) is 20.3. The van der Waals surface area contributed by atoms with E-state index in [1.54, 1.807) is 0 Å². The summed E-state index contributed by atoms with van der Waals surface area (Å²) >= 11 is 0. The van der Waals surface area contributed by atoms with Crippen molar-refractivity contribution in [2.45, 2.75) is 0 Å². The fourth-order valence-electron chi connectivity index (χ4n) is 12.2. The standard InChI is InChI=1S/C78H48N6/c1-7-23-49(24-8-1)65-47-69(51-27-11-3-12-28-51)79-73-61(65)39-41-63-71(81-77(83-75(63)73)53-31-15-5-16-32-53)67-45-57(43-55-35-19-21-37-59(55)67)58-44-56-36-20-22-38-60(56)68(46-58)72-64-42-40-62-66(50-25-9-2-10-26-50)48-70(52-29-13-4-14-30-52)80-74(62)76(64)84-78(82-72)54-33-17-6-18-34-54/h1-48H. The van der Waals surface area contributed by atoms with Crippen molar-refractivity contribution in [3.8, 4) is 101 Å². The summed E-state index contributed by atoms with van der Waals surface area (Å²) in [6.07, 6.45) is 0. The maximum absolute atomic E-state index is 5.60. The number of nitrogens with zero attached hydrogens (tertiary/aromatic N) is 6. The molecule has 0 aliphatic carbocycles. The molecular formula is C78H48N6. The zero-order valence-electron chi connectivity index (χ0n) is 45.4. The van der Waals surface area contributed by atoms with Crippen LogP contribution in [-0.4, -0.2) is 29.9 Å². The molecule has 84 heavy (non-hydrogen) atoms. The van der Waals surface area contributed by atoms with Gasteiger partial charge in [-0.2, -0.15) is 0 Å². The molecule has 6 heteroatoms. The van der Waals surface area contributed by atoms with Gasteiger partial charge in [0.15, 0.2) is 11.6 Å². The Bertz CT molecular complexity index is 4880. The molecule has 0 atom stereocenters. The van der Waals surface area contributed by atoms with Crippen molar-refractivity contribution in [3.63, 3.8) is 0 Å². The van der Waals surface area contributed by atoms with Crippen LogP contribution in [0.5, 0.6) is 0 Å². The van der Waals surface area contributed by atoms with E-state index in [9.17, 15) is 0 Å². The van der Waals surface area contributed by atoms with Crippen LogP contribution < -0.4 is 0 Å². The van der Waals surface area contributed by atoms with E-state index in [1.165, 1.54) is 0 Å². The van der Waals surface area contributed by atoms with Gasteiger partial charge in [0, 0.05) is 54.9 Å². The Kier molecular flexibility index (Phi) is 11.8. The van der Waals surface area contributed by atoms with E-state index in [2.05, 4.69) is 243 Å². The molecule has 4 heterocycles. The first-order chi connectivity index (χ1) is 41.6. The maximum atomic E-state index is 5.60. The van der Waals surface area contributed by atoms with E-state index < -0.39 is 0 Å². The maximum Gasteiger partial charge on any atom is 0.160 e. The molecule has 0 spiro atoms. The zero-order valence-corrected chi connectivity index (χ0v) is 45.4. The molecule has 16 aromatic rings. The van der Waals surface area contributed by atoms with Crippen molar-refractivity contribution < 1.29 is 0 Å². The van der Waals surface area contributed by atoms with Crippen molar-refractivity contribution in [1.29, 1.82) is 0 Å². The molecule has 0 saturated heterocycles. The summed E-state index contributed by atoms with van der Waals surface area (Å²) in [5.74, 6) is 1.25. The van der Waals surface area contributed by atoms with Crippen molar-refractivity contribution in [3.05, 3.63) is 291 Å². The van der Waals surface area contributed by atoms with Crippen molar-refractivity contribution in [1.82, 2.24) is 29.9 Å². The summed E-state index contributed by atoms with van der Waals surface area (Å²) in [4.78, 5) is 33.2. The highest BCUT2D eigenvalue weighted by atomic mass is 14.9. The molecule has 0 radical (unpaired) electrons. The monoisotopic (exact) mass is 1070 g/mol. The molecule has 12 aromatic carbocycles. The third-order valence-electron chi connectivity index (χ3n) is 16.2. The van der Waals surface area contributed by atoms with Gasteiger partial charge in [-0.3, -0.25) is 0 Å². The van der Waals surface area contributed by atoms with Gasteiger partial charge in [-0.25, -0.2) is 29.9 Å². The molecule has 6 nitrogen and oxygen atoms in total. The fourth-order valence-corrected chi connectivity index (χ4v) is 12.2. The summed E-state index contributed by atoms with van der Waals surface area (Å²) in [5.41, 5.74) is 19.0. The summed E-state index contributed by atoms with van der Waals surface area (Å²) in [6.45, 7) is 0. The average Bonchev–Trinajstić information content (AvgIpc) is 1.89. The van der Waals surface area contributed by atoms with E-state index >= 15 is 0 Å². The van der Waals surface area contributed by atoms with Crippen LogP contribution >= 0.6 is 0 Å². The summed E-state index contributed by atoms with van der Waals surface area (Å²) < 4.78 is 0. The summed E-state index contributed by atoms with van der Waals surface area (Å²) in [5, 5.41) is 8.19. The summed E-state index contributed by atoms with van der Waals surface area (Å²) in [7, 11) is 0. The first-order valence-corrected chi connectivity index (χ1v) is 28.3. The van der Waals surface area contributed by atoms with Crippen LogP contribution in [-0.2, 0) is 0 Å². The molecule has 0 bridgehead atoms. The lowest BCUT2D eigenvalue weighted by molar-refractivity contribution is 1.23. The van der Waals surface area contributed by atoms with Crippen LogP contribution in [0.25, 0.3) is 166 Å². The van der Waals surface area contributed by atoms with Crippen LogP contribution in [0.15, 0.2) is 291 Å². The number of pyridine rings is 2. The lowest BCUT2D eigenvalue weighted by Gasteiger charge is -2.18. The topological polar surface area (TPSA) is 77.3 Å². The highest BCUT2D eigenvalue weighted by molar-refractivity contribution is 6.17. The average molecular weight is 1070 g/mol. The molecule has 0 saturated carbocycles. The van der Waals surface area contributed by atoms with Crippen LogP contribution in [0, 0.1) is 0 Å². The summed E-state index contributed by atoms with van der Waals surface area (Å²) in [6, 6.07) is 102. The fraction of sp³-hybridized carbons (Fsp3) is 0. The van der Waals surface area contributed by atoms with Crippen molar-refractivity contribution in [2.24, 2.45) is 0 Å². The minimum absolute atomic E-state index is 0.625. The number of hydrogen-bond acceptors (Lipinski definition) is 6. The van der Waals surface area contributed by atoms with Gasteiger partial charge in [0.25, 0.3) is 0 Å². The van der Waals surface area contributed by atoms with Crippen LogP contribution in [0.3, 0.4) is 0 Å². The van der Waals surface area contributed by atoms with Gasteiger partial charge in [-0.1, -0.05) is 243 Å². The first-order valence-electron chi connectivity index (χ1n) is 28.3. The largest absolute Gasteiger partial charge is 0.245 e. The molecule has 390 valence electrons. The quantitative estimate of drug-likeness (QED) is 0.134. The van der Waals surface area contributed by atoms with Crippen LogP contribution in [0.2, 0.25) is 0 Å². The second-order valence-corrected chi connectivity index (χ2v) is 21.3. The van der Waals surface area contributed by atoms with E-state index in [-0.39, 0.29) is 0 Å². The van der Waals surface area contributed by atoms with E-state index in [1.807, 2.05) is 48.5 Å². The highest BCUT2D eigenvalue weighted by Crippen LogP contribution is 2.45. The van der Waals surface area contributed by atoms with Gasteiger partial charge in [-0.15, -0.1) is 0 Å². The normalized spacial score (nSPS) is 11.6. The Morgan fingerprint density at radius 1 is 0.179 bits per heavy atom. The van der Waals surface area contributed by atoms with E-state index in [0.717, 1.165) is 155 Å². The van der Waals surface area contributed by atoms with Gasteiger partial charge >= 0.3 is 0 Å². The lowest BCUT2D eigenvalue weighted by Crippen LogP contribution is -1.99. The van der Waals surface area contributed by atoms with E-state index in [0.29, 0.717) is 11.6 Å². The molecule has 0 amide bonds. The van der Waals surface area contributed by atoms with Crippen LogP contribution in [0.1, 0.15) is 0 Å². The molecule has 0 unspecified atom stereocenters. The number of fused-ring (bicyclic) bond motifs is 8. The smallest absolute Gasteiger partial charge is 0.160 e. The number of hydrogen-bond donors (Lipinski definition) is 0.